The van der Waals surface area contributed by atoms with Crippen molar-refractivity contribution in [2.45, 2.75) is 58.6 Å². The minimum atomic E-state index is -0.736. The van der Waals surface area contributed by atoms with Crippen LogP contribution in [0.3, 0.4) is 0 Å². The van der Waals surface area contributed by atoms with Crippen LogP contribution in [-0.4, -0.2) is 35.3 Å². The molecule has 0 unspecified atom stereocenters. The van der Waals surface area contributed by atoms with Crippen molar-refractivity contribution < 1.29 is 19.4 Å². The Morgan fingerprint density at radius 3 is 2.39 bits per heavy atom. The fourth-order valence-electron chi connectivity index (χ4n) is 3.09. The van der Waals surface area contributed by atoms with Gasteiger partial charge in [0.05, 0.1) is 0 Å². The Bertz CT molecular complexity index is 889. The lowest BCUT2D eigenvalue weighted by Gasteiger charge is -2.23. The van der Waals surface area contributed by atoms with Gasteiger partial charge in [0.25, 0.3) is 0 Å². The van der Waals surface area contributed by atoms with Crippen molar-refractivity contribution in [2.75, 3.05) is 11.9 Å². The molecule has 0 aromatic heterocycles. The molecule has 0 fully saturated rings. The van der Waals surface area contributed by atoms with Gasteiger partial charge in [0.1, 0.15) is 17.4 Å². The summed E-state index contributed by atoms with van der Waals surface area (Å²) in [7, 11) is 0. The van der Waals surface area contributed by atoms with Crippen LogP contribution in [0.5, 0.6) is 5.75 Å². The van der Waals surface area contributed by atoms with Crippen molar-refractivity contribution in [1.82, 2.24) is 5.32 Å². The van der Waals surface area contributed by atoms with E-state index in [1.54, 1.807) is 32.9 Å². The number of nitrogens with one attached hydrogen (secondary N) is 2. The number of hydrogen-bond acceptors (Lipinski definition) is 5. The van der Waals surface area contributed by atoms with Gasteiger partial charge in [0.2, 0.25) is 5.91 Å². The summed E-state index contributed by atoms with van der Waals surface area (Å²) in [6.45, 7) is 7.82. The van der Waals surface area contributed by atoms with Crippen molar-refractivity contribution >= 4 is 17.7 Å². The maximum Gasteiger partial charge on any atom is 0.408 e. The maximum absolute atomic E-state index is 12.9. The molecule has 1 atom stereocenters. The number of phenolic OH excluding ortho intramolecular Hbond substituents is 1. The lowest BCUT2D eigenvalue weighted by atomic mass is 9.99. The lowest BCUT2D eigenvalue weighted by Crippen LogP contribution is -2.45. The smallest absolute Gasteiger partial charge is 0.408 e. The molecule has 7 nitrogen and oxygen atoms in total. The van der Waals surface area contributed by atoms with Crippen LogP contribution in [0.15, 0.2) is 42.5 Å². The van der Waals surface area contributed by atoms with E-state index in [2.05, 4.69) is 10.6 Å². The van der Waals surface area contributed by atoms with Crippen molar-refractivity contribution in [1.29, 1.82) is 0 Å². The minimum absolute atomic E-state index is 0.194. The summed E-state index contributed by atoms with van der Waals surface area (Å²) in [6.07, 6.45) is 1.29. The molecule has 168 valence electrons. The summed E-state index contributed by atoms with van der Waals surface area (Å²) in [5.41, 5.74) is 8.44. The molecule has 2 amide bonds. The largest absolute Gasteiger partial charge is 0.508 e. The zero-order valence-corrected chi connectivity index (χ0v) is 18.7. The average molecular weight is 428 g/mol. The van der Waals surface area contributed by atoms with Gasteiger partial charge in [-0.3, -0.25) is 4.79 Å². The second-order valence-corrected chi connectivity index (χ2v) is 8.55. The maximum atomic E-state index is 12.9. The molecule has 0 heterocycles. The van der Waals surface area contributed by atoms with E-state index < -0.39 is 17.7 Å². The Labute approximate surface area is 184 Å². The van der Waals surface area contributed by atoms with Crippen LogP contribution < -0.4 is 16.4 Å². The van der Waals surface area contributed by atoms with Gasteiger partial charge >= 0.3 is 6.09 Å². The van der Waals surface area contributed by atoms with E-state index in [1.807, 2.05) is 37.3 Å². The van der Waals surface area contributed by atoms with Crippen LogP contribution >= 0.6 is 0 Å². The first kappa shape index (κ1) is 24.2. The lowest BCUT2D eigenvalue weighted by molar-refractivity contribution is -0.118. The topological polar surface area (TPSA) is 114 Å². The minimum Gasteiger partial charge on any atom is -0.508 e. The van der Waals surface area contributed by atoms with Crippen LogP contribution in [0.1, 0.15) is 45.6 Å². The number of phenols is 1. The molecule has 0 aliphatic heterocycles. The van der Waals surface area contributed by atoms with Gasteiger partial charge in [-0.2, -0.15) is 0 Å². The number of alkyl carbamates (subject to hydrolysis) is 1. The predicted octanol–water partition coefficient (Wildman–Crippen LogP) is 4.33. The fraction of sp³-hybridized carbons (Fsp3) is 0.417. The van der Waals surface area contributed by atoms with Crippen LogP contribution in [0, 0.1) is 6.92 Å². The van der Waals surface area contributed by atoms with Crippen molar-refractivity contribution in [3.8, 4) is 16.9 Å². The number of rotatable bonds is 8. The van der Waals surface area contributed by atoms with Crippen molar-refractivity contribution in [3.63, 3.8) is 0 Å². The summed E-state index contributed by atoms with van der Waals surface area (Å²) in [6, 6.07) is 11.8. The molecule has 7 heteroatoms. The Kier molecular flexibility index (Phi) is 8.45. The Hall–Kier alpha value is -3.06. The molecule has 2 aromatic carbocycles. The molecule has 5 N–H and O–H groups in total. The summed E-state index contributed by atoms with van der Waals surface area (Å²) in [5.74, 6) is -0.122. The molecule has 31 heavy (non-hydrogen) atoms. The number of carbonyl (C=O) groups excluding carboxylic acids is 2. The molecular formula is C24H33N3O4. The van der Waals surface area contributed by atoms with Crippen LogP contribution in [0.2, 0.25) is 0 Å². The van der Waals surface area contributed by atoms with Gasteiger partial charge in [-0.15, -0.1) is 0 Å². The Balaban J connectivity index is 2.16. The quantitative estimate of drug-likeness (QED) is 0.468. The fourth-order valence-corrected chi connectivity index (χ4v) is 3.09. The zero-order chi connectivity index (χ0) is 23.0. The molecule has 0 bridgehead atoms. The third kappa shape index (κ3) is 7.94. The van der Waals surface area contributed by atoms with Gasteiger partial charge in [0.15, 0.2) is 0 Å². The normalized spacial score (nSPS) is 12.2. The first-order valence-electron chi connectivity index (χ1n) is 10.5. The Morgan fingerprint density at radius 1 is 1.10 bits per heavy atom. The van der Waals surface area contributed by atoms with Gasteiger partial charge in [-0.1, -0.05) is 18.2 Å². The highest BCUT2D eigenvalue weighted by Gasteiger charge is 2.24. The molecule has 0 spiro atoms. The van der Waals surface area contributed by atoms with Gasteiger partial charge in [0, 0.05) is 5.69 Å². The summed E-state index contributed by atoms with van der Waals surface area (Å²) in [5, 5.41) is 15.1. The number of benzene rings is 2. The van der Waals surface area contributed by atoms with E-state index in [0.29, 0.717) is 25.1 Å². The average Bonchev–Trinajstić information content (AvgIpc) is 2.68. The molecular weight excluding hydrogens is 394 g/mol. The zero-order valence-electron chi connectivity index (χ0n) is 18.7. The second-order valence-electron chi connectivity index (χ2n) is 8.55. The predicted molar refractivity (Wildman–Crippen MR) is 123 cm³/mol. The van der Waals surface area contributed by atoms with Crippen LogP contribution in [0.4, 0.5) is 10.5 Å². The van der Waals surface area contributed by atoms with E-state index in [9.17, 15) is 14.7 Å². The van der Waals surface area contributed by atoms with Crippen molar-refractivity contribution in [2.24, 2.45) is 5.73 Å². The van der Waals surface area contributed by atoms with E-state index in [1.165, 1.54) is 0 Å². The number of amides is 2. The molecule has 0 saturated heterocycles. The van der Waals surface area contributed by atoms with Crippen LogP contribution in [0.25, 0.3) is 11.1 Å². The number of ether oxygens (including phenoxy) is 1. The van der Waals surface area contributed by atoms with Gasteiger partial charge < -0.3 is 26.2 Å². The third-order valence-electron chi connectivity index (χ3n) is 4.64. The number of aromatic hydroxyl groups is 1. The SMILES string of the molecule is Cc1ccc(NC(=O)[C@H](CCCCN)NC(=O)OC(C)(C)C)cc1-c1ccc(O)cc1. The number of anilines is 1. The number of unbranched alkanes of at least 4 members (excludes halogenated alkanes) is 1. The van der Waals surface area contributed by atoms with E-state index in [-0.39, 0.29) is 11.7 Å². The van der Waals surface area contributed by atoms with E-state index >= 15 is 0 Å². The summed E-state index contributed by atoms with van der Waals surface area (Å²) >= 11 is 0. The second kappa shape index (κ2) is 10.8. The molecule has 0 saturated carbocycles. The van der Waals surface area contributed by atoms with Gasteiger partial charge in [-0.05, 0) is 94.5 Å². The standard InChI is InChI=1S/C24H33N3O4/c1-16-8-11-18(15-20(16)17-9-12-19(28)13-10-17)26-22(29)21(7-5-6-14-25)27-23(30)31-24(2,3)4/h8-13,15,21,28H,5-7,14,25H2,1-4H3,(H,26,29)(H,27,30)/t21-/m0/s1. The first-order chi connectivity index (χ1) is 14.6. The number of aryl methyl sites for hydroxylation is 1. The van der Waals surface area contributed by atoms with E-state index in [4.69, 9.17) is 10.5 Å². The first-order valence-corrected chi connectivity index (χ1v) is 10.5. The summed E-state index contributed by atoms with van der Waals surface area (Å²) in [4.78, 5) is 25.2. The van der Waals surface area contributed by atoms with Crippen LogP contribution in [-0.2, 0) is 9.53 Å². The Morgan fingerprint density at radius 2 is 1.77 bits per heavy atom. The molecule has 0 radical (unpaired) electrons. The molecule has 0 aliphatic carbocycles. The molecule has 0 aliphatic rings. The third-order valence-corrected chi connectivity index (χ3v) is 4.64. The monoisotopic (exact) mass is 427 g/mol. The number of hydrogen-bond donors (Lipinski definition) is 4. The van der Waals surface area contributed by atoms with Gasteiger partial charge in [-0.25, -0.2) is 4.79 Å². The highest BCUT2D eigenvalue weighted by atomic mass is 16.6. The van der Waals surface area contributed by atoms with E-state index in [0.717, 1.165) is 23.1 Å². The summed E-state index contributed by atoms with van der Waals surface area (Å²) < 4.78 is 5.30. The number of nitrogens with two attached hydrogens (primary N) is 1. The van der Waals surface area contributed by atoms with Crippen molar-refractivity contribution in [3.05, 3.63) is 48.0 Å². The highest BCUT2D eigenvalue weighted by molar-refractivity contribution is 5.97. The molecule has 2 rings (SSSR count). The molecule has 2 aromatic rings. The highest BCUT2D eigenvalue weighted by Crippen LogP contribution is 2.28. The number of carbonyl (C=O) groups is 2.